The van der Waals surface area contributed by atoms with E-state index in [0.717, 1.165) is 5.56 Å². The van der Waals surface area contributed by atoms with Crippen LogP contribution in [0.25, 0.3) is 0 Å². The molecule has 10 heteroatoms. The molecule has 9 nitrogen and oxygen atoms in total. The van der Waals surface area contributed by atoms with Gasteiger partial charge in [-0.2, -0.15) is 0 Å². The minimum atomic E-state index is -1.02. The Morgan fingerprint density at radius 2 is 1.66 bits per heavy atom. The maximum absolute atomic E-state index is 13.7. The first-order valence-electron chi connectivity index (χ1n) is 11.9. The molecule has 0 radical (unpaired) electrons. The van der Waals surface area contributed by atoms with Crippen molar-refractivity contribution in [3.05, 3.63) is 83.7 Å². The van der Waals surface area contributed by atoms with E-state index in [0.29, 0.717) is 17.1 Å². The highest BCUT2D eigenvalue weighted by Crippen LogP contribution is 2.28. The number of anilines is 3. The van der Waals surface area contributed by atoms with Crippen LogP contribution in [0.15, 0.2) is 66.7 Å². The second-order valence-corrected chi connectivity index (χ2v) is 8.98. The number of benzene rings is 3. The highest BCUT2D eigenvalue weighted by atomic mass is 19.1. The summed E-state index contributed by atoms with van der Waals surface area (Å²) in [7, 11) is 5.28. The number of ether oxygens (including phenoxy) is 1. The van der Waals surface area contributed by atoms with E-state index >= 15 is 0 Å². The van der Waals surface area contributed by atoms with Gasteiger partial charge in [0, 0.05) is 26.8 Å². The number of hydrogen-bond donors (Lipinski definition) is 3. The van der Waals surface area contributed by atoms with Crippen molar-refractivity contribution >= 4 is 35.0 Å². The predicted octanol–water partition coefficient (Wildman–Crippen LogP) is 4.70. The summed E-state index contributed by atoms with van der Waals surface area (Å²) in [5.74, 6) is -1.15. The molecule has 0 saturated carbocycles. The van der Waals surface area contributed by atoms with E-state index in [1.807, 2.05) is 6.92 Å². The molecule has 0 aromatic heterocycles. The molecule has 3 N–H and O–H groups in total. The number of likely N-dealkylation sites (N-methyl/N-ethyl adjacent to an activating group) is 1. The molecule has 3 aromatic carbocycles. The monoisotopic (exact) mass is 522 g/mol. The molecule has 0 fully saturated rings. The molecule has 3 rings (SSSR count). The van der Waals surface area contributed by atoms with Gasteiger partial charge in [-0.15, -0.1) is 0 Å². The number of rotatable bonds is 10. The highest BCUT2D eigenvalue weighted by Gasteiger charge is 2.18. The van der Waals surface area contributed by atoms with Crippen molar-refractivity contribution in [3.8, 4) is 5.75 Å². The van der Waals surface area contributed by atoms with Crippen molar-refractivity contribution < 1.29 is 28.6 Å². The van der Waals surface area contributed by atoms with Crippen molar-refractivity contribution in [2.24, 2.45) is 0 Å². The molecule has 3 aromatic rings. The highest BCUT2D eigenvalue weighted by molar-refractivity contribution is 5.99. The Hall–Kier alpha value is -4.60. The smallest absolute Gasteiger partial charge is 0.335 e. The molecule has 0 aliphatic carbocycles. The molecule has 0 unspecified atom stereocenters. The summed E-state index contributed by atoms with van der Waals surface area (Å²) in [6, 6.07) is 16.5. The molecule has 3 amide bonds. The molecular weight excluding hydrogens is 491 g/mol. The van der Waals surface area contributed by atoms with Crippen molar-refractivity contribution in [1.29, 1.82) is 0 Å². The van der Waals surface area contributed by atoms with E-state index in [4.69, 9.17) is 4.74 Å². The first kappa shape index (κ1) is 28.0. The standard InChI is InChI=1S/C28H31FN4O5/c1-18(17-38-25-14-11-20(27(35)36)16-24(25)32(2)3)33(4)26(34)15-19-9-12-21(13-10-19)30-28(37)31-23-8-6-5-7-22(23)29/h5-14,16,18H,15,17H2,1-4H3,(H,35,36)(H2,30,31,37)/t18-/m0/s1. The minimum Gasteiger partial charge on any atom is -0.489 e. The SMILES string of the molecule is C[C@@H](COc1ccc(C(=O)O)cc1N(C)C)N(C)C(=O)Cc1ccc(NC(=O)Nc2ccccc2F)cc1. The fraction of sp³-hybridized carbons (Fsp3) is 0.250. The number of urea groups is 1. The number of carboxylic acids is 1. The Labute approximate surface area is 220 Å². The van der Waals surface area contributed by atoms with Gasteiger partial charge in [0.1, 0.15) is 18.2 Å². The number of carboxylic acid groups (broad SMARTS) is 1. The number of para-hydroxylation sites is 1. The Morgan fingerprint density at radius 3 is 2.29 bits per heavy atom. The van der Waals surface area contributed by atoms with Crippen LogP contribution in [-0.4, -0.2) is 61.7 Å². The summed E-state index contributed by atoms with van der Waals surface area (Å²) in [4.78, 5) is 39.6. The molecule has 0 bridgehead atoms. The topological polar surface area (TPSA) is 111 Å². The maximum Gasteiger partial charge on any atom is 0.335 e. The summed E-state index contributed by atoms with van der Waals surface area (Å²) >= 11 is 0. The maximum atomic E-state index is 13.7. The second-order valence-electron chi connectivity index (χ2n) is 8.98. The number of carbonyl (C=O) groups excluding carboxylic acids is 2. The van der Waals surface area contributed by atoms with E-state index < -0.39 is 17.8 Å². The number of amides is 3. The quantitative estimate of drug-likeness (QED) is 0.356. The van der Waals surface area contributed by atoms with Gasteiger partial charge in [0.2, 0.25) is 5.91 Å². The third-order valence-electron chi connectivity index (χ3n) is 5.91. The van der Waals surface area contributed by atoms with E-state index in [1.165, 1.54) is 24.3 Å². The average molecular weight is 523 g/mol. The molecule has 0 spiro atoms. The van der Waals surface area contributed by atoms with E-state index in [1.54, 1.807) is 73.4 Å². The fourth-order valence-corrected chi connectivity index (χ4v) is 3.54. The third-order valence-corrected chi connectivity index (χ3v) is 5.91. The van der Waals surface area contributed by atoms with E-state index in [2.05, 4.69) is 10.6 Å². The van der Waals surface area contributed by atoms with Crippen molar-refractivity contribution in [2.75, 3.05) is 43.3 Å². The van der Waals surface area contributed by atoms with Gasteiger partial charge in [-0.3, -0.25) is 4.79 Å². The Morgan fingerprint density at radius 1 is 0.974 bits per heavy atom. The predicted molar refractivity (Wildman–Crippen MR) is 145 cm³/mol. The Bertz CT molecular complexity index is 1300. The summed E-state index contributed by atoms with van der Waals surface area (Å²) < 4.78 is 19.6. The first-order valence-corrected chi connectivity index (χ1v) is 11.9. The zero-order valence-corrected chi connectivity index (χ0v) is 21.7. The molecule has 1 atom stereocenters. The Balaban J connectivity index is 1.53. The molecular formula is C28H31FN4O5. The van der Waals surface area contributed by atoms with Gasteiger partial charge in [-0.25, -0.2) is 14.0 Å². The molecule has 38 heavy (non-hydrogen) atoms. The summed E-state index contributed by atoms with van der Waals surface area (Å²) in [5.41, 5.74) is 2.12. The molecule has 0 aliphatic heterocycles. The minimum absolute atomic E-state index is 0.0727. The zero-order valence-electron chi connectivity index (χ0n) is 21.7. The third kappa shape index (κ3) is 7.45. The van der Waals surface area contributed by atoms with Crippen LogP contribution >= 0.6 is 0 Å². The van der Waals surface area contributed by atoms with Crippen LogP contribution in [0.5, 0.6) is 5.75 Å². The van der Waals surface area contributed by atoms with Crippen LogP contribution in [0.1, 0.15) is 22.8 Å². The second kappa shape index (κ2) is 12.6. The van der Waals surface area contributed by atoms with Crippen LogP contribution in [0.2, 0.25) is 0 Å². The van der Waals surface area contributed by atoms with Crippen LogP contribution in [0.4, 0.5) is 26.2 Å². The molecule has 200 valence electrons. The number of hydrogen-bond acceptors (Lipinski definition) is 5. The number of aromatic carboxylic acids is 1. The first-order chi connectivity index (χ1) is 18.0. The number of carbonyl (C=O) groups is 3. The van der Waals surface area contributed by atoms with Gasteiger partial charge in [0.05, 0.1) is 29.4 Å². The van der Waals surface area contributed by atoms with Crippen molar-refractivity contribution in [3.63, 3.8) is 0 Å². The normalized spacial score (nSPS) is 11.3. The lowest BCUT2D eigenvalue weighted by Gasteiger charge is -2.26. The number of halogens is 1. The number of nitrogens with one attached hydrogen (secondary N) is 2. The van der Waals surface area contributed by atoms with Gasteiger partial charge in [-0.05, 0) is 55.0 Å². The van der Waals surface area contributed by atoms with E-state index in [9.17, 15) is 23.9 Å². The van der Waals surface area contributed by atoms with Crippen LogP contribution < -0.4 is 20.3 Å². The van der Waals surface area contributed by atoms with Gasteiger partial charge >= 0.3 is 12.0 Å². The van der Waals surface area contributed by atoms with Gasteiger partial charge in [0.25, 0.3) is 0 Å². The van der Waals surface area contributed by atoms with Gasteiger partial charge < -0.3 is 30.3 Å². The lowest BCUT2D eigenvalue weighted by Crippen LogP contribution is -2.39. The number of nitrogens with zero attached hydrogens (tertiary/aromatic N) is 2. The van der Waals surface area contributed by atoms with Crippen LogP contribution in [0.3, 0.4) is 0 Å². The van der Waals surface area contributed by atoms with Crippen LogP contribution in [-0.2, 0) is 11.2 Å². The van der Waals surface area contributed by atoms with Crippen molar-refractivity contribution in [1.82, 2.24) is 4.90 Å². The molecule has 0 saturated heterocycles. The average Bonchev–Trinajstić information content (AvgIpc) is 2.89. The Kier molecular flexibility index (Phi) is 9.26. The van der Waals surface area contributed by atoms with Gasteiger partial charge in [0.15, 0.2) is 0 Å². The summed E-state index contributed by atoms with van der Waals surface area (Å²) in [6.07, 6.45) is 0.152. The van der Waals surface area contributed by atoms with Crippen LogP contribution in [0, 0.1) is 5.82 Å². The van der Waals surface area contributed by atoms with Gasteiger partial charge in [-0.1, -0.05) is 24.3 Å². The largest absolute Gasteiger partial charge is 0.489 e. The lowest BCUT2D eigenvalue weighted by molar-refractivity contribution is -0.131. The summed E-state index contributed by atoms with van der Waals surface area (Å²) in [5, 5.41) is 14.3. The summed E-state index contributed by atoms with van der Waals surface area (Å²) in [6.45, 7) is 2.08. The van der Waals surface area contributed by atoms with Crippen molar-refractivity contribution in [2.45, 2.75) is 19.4 Å². The molecule has 0 heterocycles. The zero-order chi connectivity index (χ0) is 27.8. The molecule has 0 aliphatic rings. The fourth-order valence-electron chi connectivity index (χ4n) is 3.54. The van der Waals surface area contributed by atoms with E-state index in [-0.39, 0.29) is 36.2 Å². The lowest BCUT2D eigenvalue weighted by atomic mass is 10.1.